The molecule has 2 aromatic rings. The Balaban J connectivity index is 2.36. The van der Waals surface area contributed by atoms with Gasteiger partial charge in [0.2, 0.25) is 0 Å². The van der Waals surface area contributed by atoms with E-state index in [0.29, 0.717) is 18.6 Å². The zero-order valence-corrected chi connectivity index (χ0v) is 13.2. The molecule has 1 heterocycles. The van der Waals surface area contributed by atoms with Crippen molar-refractivity contribution in [2.45, 2.75) is 19.8 Å². The van der Waals surface area contributed by atoms with Gasteiger partial charge in [-0.25, -0.2) is 9.78 Å². The summed E-state index contributed by atoms with van der Waals surface area (Å²) in [5, 5.41) is 18.1. The number of aliphatic hydroxyl groups is 1. The highest BCUT2D eigenvalue weighted by Gasteiger charge is 2.10. The van der Waals surface area contributed by atoms with E-state index >= 15 is 0 Å². The van der Waals surface area contributed by atoms with E-state index in [0.717, 1.165) is 16.9 Å². The van der Waals surface area contributed by atoms with Crippen LogP contribution in [0.4, 0.5) is 0 Å². The second-order valence-corrected chi connectivity index (χ2v) is 5.16. The van der Waals surface area contributed by atoms with Crippen molar-refractivity contribution in [3.63, 3.8) is 0 Å². The normalized spacial score (nSPS) is 11.5. The fraction of sp³-hybridized carbons (Fsp3) is 0.294. The van der Waals surface area contributed by atoms with E-state index in [1.165, 1.54) is 0 Å². The van der Waals surface area contributed by atoms with Gasteiger partial charge >= 0.3 is 5.97 Å². The summed E-state index contributed by atoms with van der Waals surface area (Å²) in [4.78, 5) is 15.5. The molecule has 0 amide bonds. The predicted octanol–water partition coefficient (Wildman–Crippen LogP) is 2.43. The number of hydrogen-bond donors (Lipinski definition) is 2. The number of ether oxygens (including phenoxy) is 1. The van der Waals surface area contributed by atoms with Gasteiger partial charge in [-0.15, -0.1) is 0 Å². The second-order valence-electron chi connectivity index (χ2n) is 5.16. The molecule has 0 saturated heterocycles. The molecule has 0 unspecified atom stereocenters. The summed E-state index contributed by atoms with van der Waals surface area (Å²) in [5.74, 6) is -0.352. The van der Waals surface area contributed by atoms with Crippen LogP contribution in [0.3, 0.4) is 0 Å². The van der Waals surface area contributed by atoms with Gasteiger partial charge in [-0.05, 0) is 43.5 Å². The van der Waals surface area contributed by atoms with Gasteiger partial charge in [0.25, 0.3) is 0 Å². The van der Waals surface area contributed by atoms with Crippen molar-refractivity contribution in [1.82, 2.24) is 9.55 Å². The van der Waals surface area contributed by atoms with Gasteiger partial charge in [0.15, 0.2) is 0 Å². The first kappa shape index (κ1) is 16.8. The zero-order valence-electron chi connectivity index (χ0n) is 13.2. The Kier molecular flexibility index (Phi) is 5.54. The number of rotatable bonds is 7. The summed E-state index contributed by atoms with van der Waals surface area (Å²) in [6, 6.07) is 5.47. The van der Waals surface area contributed by atoms with Crippen molar-refractivity contribution >= 4 is 12.0 Å². The highest BCUT2D eigenvalue weighted by molar-refractivity contribution is 5.92. The van der Waals surface area contributed by atoms with Crippen molar-refractivity contribution in [3.05, 3.63) is 47.6 Å². The van der Waals surface area contributed by atoms with Crippen LogP contribution < -0.4 is 4.74 Å². The number of aryl methyl sites for hydroxylation is 1. The molecule has 1 aromatic heterocycles. The lowest BCUT2D eigenvalue weighted by molar-refractivity contribution is -0.132. The molecular weight excluding hydrogens is 296 g/mol. The van der Waals surface area contributed by atoms with E-state index in [-0.39, 0.29) is 12.2 Å². The minimum absolute atomic E-state index is 0.0349. The van der Waals surface area contributed by atoms with Crippen LogP contribution in [0.25, 0.3) is 11.8 Å². The first-order valence-electron chi connectivity index (χ1n) is 7.29. The number of hydrogen-bond acceptors (Lipinski definition) is 4. The average Bonchev–Trinajstić information content (AvgIpc) is 2.97. The number of nitrogens with zero attached hydrogens (tertiary/aromatic N) is 2. The van der Waals surface area contributed by atoms with Crippen LogP contribution in [0, 0.1) is 6.92 Å². The van der Waals surface area contributed by atoms with Crippen molar-refractivity contribution in [2.24, 2.45) is 0 Å². The maximum absolute atomic E-state index is 11.3. The zero-order chi connectivity index (χ0) is 16.8. The van der Waals surface area contributed by atoms with Crippen LogP contribution in [0.5, 0.6) is 5.75 Å². The number of aliphatic carboxylic acids is 1. The molecule has 0 spiro atoms. The van der Waals surface area contributed by atoms with E-state index < -0.39 is 5.97 Å². The molecule has 2 N–H and O–H groups in total. The van der Waals surface area contributed by atoms with Gasteiger partial charge in [0.05, 0.1) is 24.8 Å². The number of benzene rings is 1. The lowest BCUT2D eigenvalue weighted by Crippen LogP contribution is -2.02. The first-order valence-corrected chi connectivity index (χ1v) is 7.29. The number of methoxy groups -OCH3 is 1. The third-order valence-electron chi connectivity index (χ3n) is 3.41. The average molecular weight is 316 g/mol. The maximum atomic E-state index is 11.3. The number of carboxylic acids is 1. The van der Waals surface area contributed by atoms with E-state index in [4.69, 9.17) is 9.84 Å². The van der Waals surface area contributed by atoms with Gasteiger partial charge in [-0.1, -0.05) is 6.07 Å². The van der Waals surface area contributed by atoms with Crippen molar-refractivity contribution in [2.75, 3.05) is 13.7 Å². The van der Waals surface area contributed by atoms with Gasteiger partial charge in [0, 0.05) is 18.4 Å². The molecule has 0 fully saturated rings. The van der Waals surface area contributed by atoms with Crippen LogP contribution in [0.2, 0.25) is 0 Å². The molecule has 0 atom stereocenters. The Morgan fingerprint density at radius 2 is 2.22 bits per heavy atom. The van der Waals surface area contributed by atoms with Gasteiger partial charge in [0.1, 0.15) is 5.75 Å². The Labute approximate surface area is 134 Å². The van der Waals surface area contributed by atoms with Crippen LogP contribution in [-0.4, -0.2) is 39.5 Å². The SMILES string of the molecule is COc1cc(C=C(CCCO)C(=O)O)ccc1-n1cnc(C)c1. The molecule has 0 saturated carbocycles. The summed E-state index contributed by atoms with van der Waals surface area (Å²) in [6.45, 7) is 1.87. The minimum Gasteiger partial charge on any atom is -0.495 e. The molecule has 122 valence electrons. The predicted molar refractivity (Wildman–Crippen MR) is 86.8 cm³/mol. The smallest absolute Gasteiger partial charge is 0.331 e. The molecule has 0 aliphatic carbocycles. The molecule has 23 heavy (non-hydrogen) atoms. The molecule has 1 aromatic carbocycles. The van der Waals surface area contributed by atoms with Crippen LogP contribution in [0.15, 0.2) is 36.3 Å². The summed E-state index contributed by atoms with van der Waals surface area (Å²) in [7, 11) is 1.57. The van der Waals surface area contributed by atoms with E-state index in [1.54, 1.807) is 25.6 Å². The summed E-state index contributed by atoms with van der Waals surface area (Å²) in [5.41, 5.74) is 2.72. The van der Waals surface area contributed by atoms with Crippen molar-refractivity contribution in [1.29, 1.82) is 0 Å². The van der Waals surface area contributed by atoms with Crippen molar-refractivity contribution in [3.8, 4) is 11.4 Å². The topological polar surface area (TPSA) is 84.6 Å². The number of aromatic nitrogens is 2. The van der Waals surface area contributed by atoms with Crippen LogP contribution in [0.1, 0.15) is 24.1 Å². The van der Waals surface area contributed by atoms with Crippen molar-refractivity contribution < 1.29 is 19.7 Å². The van der Waals surface area contributed by atoms with E-state index in [2.05, 4.69) is 4.98 Å². The third kappa shape index (κ3) is 4.20. The number of carbonyl (C=O) groups is 1. The quantitative estimate of drug-likeness (QED) is 0.766. The number of carboxylic acid groups (broad SMARTS) is 1. The number of imidazole rings is 1. The molecule has 6 heteroatoms. The summed E-state index contributed by atoms with van der Waals surface area (Å²) >= 11 is 0. The number of aliphatic hydroxyl groups excluding tert-OH is 1. The maximum Gasteiger partial charge on any atom is 0.331 e. The highest BCUT2D eigenvalue weighted by atomic mass is 16.5. The molecule has 0 bridgehead atoms. The fourth-order valence-corrected chi connectivity index (χ4v) is 2.26. The van der Waals surface area contributed by atoms with Crippen LogP contribution in [-0.2, 0) is 4.79 Å². The summed E-state index contributed by atoms with van der Waals surface area (Å²) < 4.78 is 7.26. The standard InChI is InChI=1S/C17H20N2O4/c1-12-10-19(11-18-12)15-6-5-13(9-16(15)23-2)8-14(17(21)22)4-3-7-20/h5-6,8-11,20H,3-4,7H2,1-2H3,(H,21,22). The molecule has 2 rings (SSSR count). The Morgan fingerprint density at radius 1 is 1.43 bits per heavy atom. The first-order chi connectivity index (χ1) is 11.0. The summed E-state index contributed by atoms with van der Waals surface area (Å²) in [6.07, 6.45) is 5.92. The van der Waals surface area contributed by atoms with Gasteiger partial charge < -0.3 is 19.5 Å². The minimum atomic E-state index is -0.980. The highest BCUT2D eigenvalue weighted by Crippen LogP contribution is 2.26. The lowest BCUT2D eigenvalue weighted by atomic mass is 10.1. The Bertz CT molecular complexity index is 719. The second kappa shape index (κ2) is 7.60. The molecule has 0 aliphatic rings. The molecule has 0 radical (unpaired) electrons. The van der Waals surface area contributed by atoms with Gasteiger partial charge in [-0.3, -0.25) is 0 Å². The van der Waals surface area contributed by atoms with E-state index in [9.17, 15) is 9.90 Å². The fourth-order valence-electron chi connectivity index (χ4n) is 2.26. The monoisotopic (exact) mass is 316 g/mol. The van der Waals surface area contributed by atoms with E-state index in [1.807, 2.05) is 29.8 Å². The van der Waals surface area contributed by atoms with Gasteiger partial charge in [-0.2, -0.15) is 0 Å². The lowest BCUT2D eigenvalue weighted by Gasteiger charge is -2.10. The Hall–Kier alpha value is -2.60. The molecular formula is C17H20N2O4. The Morgan fingerprint density at radius 3 is 2.78 bits per heavy atom. The van der Waals surface area contributed by atoms with Crippen LogP contribution >= 0.6 is 0 Å². The molecule has 6 nitrogen and oxygen atoms in total. The molecule has 0 aliphatic heterocycles. The largest absolute Gasteiger partial charge is 0.495 e. The third-order valence-corrected chi connectivity index (χ3v) is 3.41.